The molecule has 1 aliphatic heterocycles. The Balaban J connectivity index is 0.643. The van der Waals surface area contributed by atoms with E-state index >= 15 is 0 Å². The lowest BCUT2D eigenvalue weighted by atomic mass is 9.55. The number of anilines is 2. The predicted octanol–water partition coefficient (Wildman–Crippen LogP) is 32.8. The minimum absolute atomic E-state index is 0.00137. The summed E-state index contributed by atoms with van der Waals surface area (Å²) in [6.45, 7) is 23.5. The highest BCUT2D eigenvalue weighted by Gasteiger charge is 2.58. The highest BCUT2D eigenvalue weighted by Crippen LogP contribution is 2.65. The Hall–Kier alpha value is -12.5. The van der Waals surface area contributed by atoms with Crippen molar-refractivity contribution in [2.75, 3.05) is 23.0 Å². The van der Waals surface area contributed by atoms with E-state index in [2.05, 4.69) is 380 Å². The lowest BCUT2D eigenvalue weighted by molar-refractivity contribution is 0.0845. The first-order valence-electron chi connectivity index (χ1n) is 50.5. The molecular weight excluding hydrogens is 1660 g/mol. The third-order valence-electron chi connectivity index (χ3n) is 32.0. The van der Waals surface area contributed by atoms with Crippen molar-refractivity contribution >= 4 is 23.0 Å². The Bertz CT molecular complexity index is 6600. The fourth-order valence-electron chi connectivity index (χ4n) is 24.8. The molecule has 13 unspecified atom stereocenters. The van der Waals surface area contributed by atoms with Gasteiger partial charge in [0.15, 0.2) is 0 Å². The van der Waals surface area contributed by atoms with E-state index in [1.165, 1.54) is 78.2 Å². The number of rotatable bonds is 27. The molecule has 0 aromatic heterocycles. The summed E-state index contributed by atoms with van der Waals surface area (Å²) in [4.78, 5) is 5.13. The Morgan fingerprint density at radius 2 is 1.19 bits per heavy atom. The molecule has 1 saturated heterocycles. The average molecular weight is 1790 g/mol. The van der Waals surface area contributed by atoms with E-state index in [-0.39, 0.29) is 87.6 Å². The smallest absolute Gasteiger partial charge is 0.123 e. The van der Waals surface area contributed by atoms with Gasteiger partial charge in [-0.1, -0.05) is 333 Å². The topological polar surface area (TPSA) is 34.2 Å². The fraction of sp³-hybridized carbons (Fsp3) is 0.302. The van der Waals surface area contributed by atoms with Crippen molar-refractivity contribution in [3.05, 3.63) is 472 Å². The maximum Gasteiger partial charge on any atom is 0.123 e. The zero-order chi connectivity index (χ0) is 92.8. The SMILES string of the molecule is C=CC1=CCC(OCCCc2ccc(C3(C4C=CC(C(C)(C)C)=CC4)C4=C(CCC(N(C5=CC6OC7C=C(N(C8=CC9C(C=C8)c8ccccc8C9(C8=CC=C(C(C)(C)C)CC8)C8C=CC(CCCCOc9ccc(C=C)cc9)CC8)c8ccc(-c9cccc(C%10CC=C(F)CC%10)c9)cc8)C=CC7C6C=C5)c5ccc(-c6cccc(-c7ccc(F)cc7)c6)cc5)=C4)c4ccccc43)cc2)C=C1. The highest BCUT2D eigenvalue weighted by molar-refractivity contribution is 5.88. The van der Waals surface area contributed by atoms with E-state index in [0.717, 1.165) is 164 Å². The van der Waals surface area contributed by atoms with Gasteiger partial charge in [0.2, 0.25) is 0 Å². The number of allylic oxidation sites excluding steroid dienone is 24. The molecule has 12 aliphatic rings. The van der Waals surface area contributed by atoms with Crippen LogP contribution in [0.2, 0.25) is 0 Å². The van der Waals surface area contributed by atoms with Crippen LogP contribution in [0.15, 0.2) is 422 Å². The van der Waals surface area contributed by atoms with Crippen LogP contribution in [0.5, 0.6) is 5.75 Å². The molecule has 0 spiro atoms. The molecule has 1 fully saturated rings. The molecule has 0 amide bonds. The molecule has 21 rings (SSSR count). The molecule has 9 aromatic rings. The van der Waals surface area contributed by atoms with Crippen LogP contribution in [-0.4, -0.2) is 31.5 Å². The maximum atomic E-state index is 14.5. The zero-order valence-electron chi connectivity index (χ0n) is 79.9. The van der Waals surface area contributed by atoms with Crippen LogP contribution in [-0.2, 0) is 26.7 Å². The van der Waals surface area contributed by atoms with Gasteiger partial charge < -0.3 is 24.0 Å². The molecule has 13 atom stereocenters. The lowest BCUT2D eigenvalue weighted by Gasteiger charge is -2.48. The molecular formula is C129H128F2N2O3. The van der Waals surface area contributed by atoms with Crippen molar-refractivity contribution in [1.82, 2.24) is 0 Å². The van der Waals surface area contributed by atoms with Crippen LogP contribution in [0.3, 0.4) is 0 Å². The molecule has 0 N–H and O–H groups in total. The molecule has 11 aliphatic carbocycles. The highest BCUT2D eigenvalue weighted by atomic mass is 19.1. The predicted molar refractivity (Wildman–Crippen MR) is 560 cm³/mol. The monoisotopic (exact) mass is 1790 g/mol. The minimum Gasteiger partial charge on any atom is -0.494 e. The molecule has 7 heteroatoms. The number of unbranched alkanes of at least 4 members (excludes halogenated alkanes) is 1. The lowest BCUT2D eigenvalue weighted by Crippen LogP contribution is -2.43. The van der Waals surface area contributed by atoms with E-state index < -0.39 is 5.41 Å². The number of hydrogen-bond donors (Lipinski definition) is 0. The van der Waals surface area contributed by atoms with E-state index in [1.54, 1.807) is 23.8 Å². The average Bonchev–Trinajstić information content (AvgIpc) is 1.52. The van der Waals surface area contributed by atoms with Gasteiger partial charge in [0.1, 0.15) is 11.6 Å². The number of ether oxygens (including phenoxy) is 3. The van der Waals surface area contributed by atoms with Gasteiger partial charge >= 0.3 is 0 Å². The number of fused-ring (bicyclic) bond motifs is 8. The van der Waals surface area contributed by atoms with Crippen molar-refractivity contribution in [2.45, 2.75) is 185 Å². The summed E-state index contributed by atoms with van der Waals surface area (Å²) < 4.78 is 49.4. The Morgan fingerprint density at radius 1 is 0.507 bits per heavy atom. The van der Waals surface area contributed by atoms with Crippen LogP contribution in [0.1, 0.15) is 194 Å². The van der Waals surface area contributed by atoms with E-state index in [1.807, 2.05) is 24.3 Å². The second-order valence-corrected chi connectivity index (χ2v) is 42.0. The summed E-state index contributed by atoms with van der Waals surface area (Å²) in [5, 5.41) is 0. The van der Waals surface area contributed by atoms with Crippen LogP contribution < -0.4 is 14.5 Å². The molecule has 0 saturated carbocycles. The van der Waals surface area contributed by atoms with Crippen molar-refractivity contribution in [2.24, 2.45) is 46.3 Å². The number of nitrogens with zero attached hydrogens (tertiary/aromatic N) is 2. The van der Waals surface area contributed by atoms with Gasteiger partial charge in [0.05, 0.1) is 36.2 Å². The molecule has 686 valence electrons. The molecule has 136 heavy (non-hydrogen) atoms. The summed E-state index contributed by atoms with van der Waals surface area (Å²) in [5.41, 5.74) is 31.6. The summed E-state index contributed by atoms with van der Waals surface area (Å²) in [6, 6.07) is 79.9. The number of benzene rings is 9. The summed E-state index contributed by atoms with van der Waals surface area (Å²) in [5.74, 6) is 2.29. The Labute approximate surface area is 806 Å². The van der Waals surface area contributed by atoms with Gasteiger partial charge in [0.25, 0.3) is 0 Å². The first-order valence-corrected chi connectivity index (χ1v) is 50.5. The zero-order valence-corrected chi connectivity index (χ0v) is 79.9. The van der Waals surface area contributed by atoms with Gasteiger partial charge in [-0.25, -0.2) is 8.78 Å². The molecule has 0 radical (unpaired) electrons. The number of hydrogen-bond acceptors (Lipinski definition) is 5. The van der Waals surface area contributed by atoms with Gasteiger partial charge in [0, 0.05) is 69.9 Å². The minimum atomic E-state index is -0.516. The van der Waals surface area contributed by atoms with E-state index in [4.69, 9.17) is 14.2 Å². The first-order chi connectivity index (χ1) is 66.3. The van der Waals surface area contributed by atoms with Crippen LogP contribution in [0.4, 0.5) is 20.2 Å². The standard InChI is InChI=1S/C129H128F2N2O3/c1-9-86-34-70-112(71-35-86)134-78-16-15-20-88-30-46-100(47-31-88)128(102-54-50-98(51-55-102)126(3,4)5)120-28-13-11-26-114(120)116-74-66-108(82-122(116)128)132(106-62-42-92(43-63-106)96-24-17-22-94(80-96)90-38-58-104(130)59-39-90)110-68-76-118-119-77-69-111(85-125(119)136-124(118)84-110)133(107-64-44-93(45-65-107)97-25-18-23-95(81-97)91-40-60-105(131)61-41-91)109-67-75-117-115-27-12-14-29-121(115)129(123(117)83-109,103-56-52-99(53-57-103)127(6,7)8)101-48-32-89(33-49-101)21-19-79-135-113-72-36-87(10-2)37-73-113/h9-14,17-18,22-30,32-37,40-46,48-50,52-54,56,58,60-66,68-72,74,76-77,80-85,88,90,100,103,113,116,118-119,122,124-125H,1-2,15-16,19-21,31,38-39,47,51,55,57,59,67,73,75,78-79H2,3-8H3. The van der Waals surface area contributed by atoms with Crippen molar-refractivity contribution < 1.29 is 23.0 Å². The van der Waals surface area contributed by atoms with Gasteiger partial charge in [-0.3, -0.25) is 0 Å². The Kier molecular flexibility index (Phi) is 25.3. The first kappa shape index (κ1) is 90.0. The normalized spacial score (nSPS) is 25.6. The maximum absolute atomic E-state index is 14.5. The van der Waals surface area contributed by atoms with Crippen LogP contribution in [0.25, 0.3) is 45.0 Å². The van der Waals surface area contributed by atoms with E-state index in [0.29, 0.717) is 25.6 Å². The molecule has 0 bridgehead atoms. The quantitative estimate of drug-likeness (QED) is 0.0379. The van der Waals surface area contributed by atoms with Gasteiger partial charge in [-0.15, -0.1) is 0 Å². The van der Waals surface area contributed by atoms with E-state index in [9.17, 15) is 8.78 Å². The van der Waals surface area contributed by atoms with Crippen molar-refractivity contribution in [3.63, 3.8) is 0 Å². The third kappa shape index (κ3) is 17.6. The number of aryl methyl sites for hydroxylation is 1. The Morgan fingerprint density at radius 3 is 1.85 bits per heavy atom. The van der Waals surface area contributed by atoms with Gasteiger partial charge in [-0.2, -0.15) is 0 Å². The molecule has 1 heterocycles. The van der Waals surface area contributed by atoms with Gasteiger partial charge in [-0.05, 0) is 328 Å². The molecule has 9 aromatic carbocycles. The molecule has 5 nitrogen and oxygen atoms in total. The van der Waals surface area contributed by atoms with Crippen molar-refractivity contribution in [1.29, 1.82) is 0 Å². The second-order valence-electron chi connectivity index (χ2n) is 42.0. The second kappa shape index (κ2) is 38.2. The van der Waals surface area contributed by atoms with Crippen LogP contribution >= 0.6 is 0 Å². The summed E-state index contributed by atoms with van der Waals surface area (Å²) in [7, 11) is 0. The fourth-order valence-corrected chi connectivity index (χ4v) is 24.8. The largest absolute Gasteiger partial charge is 0.494 e. The van der Waals surface area contributed by atoms with Crippen LogP contribution in [0, 0.1) is 52.2 Å². The number of halogens is 2. The van der Waals surface area contributed by atoms with Crippen molar-refractivity contribution in [3.8, 4) is 39.1 Å². The summed E-state index contributed by atoms with van der Waals surface area (Å²) >= 11 is 0. The third-order valence-corrected chi connectivity index (χ3v) is 32.0. The summed E-state index contributed by atoms with van der Waals surface area (Å²) in [6.07, 6.45) is 69.7.